The Morgan fingerprint density at radius 1 is 1.04 bits per heavy atom. The van der Waals surface area contributed by atoms with E-state index in [1.807, 2.05) is 24.3 Å². The van der Waals surface area contributed by atoms with Crippen molar-refractivity contribution in [3.8, 4) is 0 Å². The van der Waals surface area contributed by atoms with Crippen LogP contribution in [0.4, 0.5) is 5.13 Å². The third-order valence-corrected chi connectivity index (χ3v) is 6.47. The second kappa shape index (κ2) is 9.21. The number of nitrogens with zero attached hydrogens (tertiary/aromatic N) is 2. The van der Waals surface area contributed by atoms with Crippen molar-refractivity contribution in [3.05, 3.63) is 65.2 Å². The van der Waals surface area contributed by atoms with Gasteiger partial charge in [0.15, 0.2) is 4.34 Å². The van der Waals surface area contributed by atoms with Gasteiger partial charge in [0, 0.05) is 16.2 Å². The standard InChI is InChI=1S/C19H19N3OS3/c1-3-24-19-22-21-18(26-19)20-17(23)15-8-6-14(7-9-15)12-25-16-10-4-13(2)5-11-16/h4-11H,3,12H2,1-2H3,(H,20,21,23). The minimum absolute atomic E-state index is 0.160. The van der Waals surface area contributed by atoms with Crippen LogP contribution in [0.1, 0.15) is 28.4 Å². The fraction of sp³-hybridized carbons (Fsp3) is 0.211. The second-order valence-electron chi connectivity index (χ2n) is 5.56. The molecule has 0 aliphatic heterocycles. The number of aromatic nitrogens is 2. The van der Waals surface area contributed by atoms with E-state index in [9.17, 15) is 4.79 Å². The first-order chi connectivity index (χ1) is 12.6. The minimum Gasteiger partial charge on any atom is -0.296 e. The SMILES string of the molecule is CCSc1nnc(NC(=O)c2ccc(CSc3ccc(C)cc3)cc2)s1. The van der Waals surface area contributed by atoms with Gasteiger partial charge < -0.3 is 0 Å². The number of benzene rings is 2. The zero-order chi connectivity index (χ0) is 18.4. The largest absolute Gasteiger partial charge is 0.296 e. The van der Waals surface area contributed by atoms with Gasteiger partial charge in [0.05, 0.1) is 0 Å². The van der Waals surface area contributed by atoms with E-state index in [0.29, 0.717) is 10.7 Å². The minimum atomic E-state index is -0.160. The molecule has 0 atom stereocenters. The van der Waals surface area contributed by atoms with E-state index in [-0.39, 0.29) is 5.91 Å². The Labute approximate surface area is 165 Å². The molecule has 4 nitrogen and oxygen atoms in total. The maximum Gasteiger partial charge on any atom is 0.257 e. The topological polar surface area (TPSA) is 54.9 Å². The number of amides is 1. The van der Waals surface area contributed by atoms with E-state index in [2.05, 4.69) is 53.6 Å². The molecule has 1 amide bonds. The van der Waals surface area contributed by atoms with Crippen molar-refractivity contribution >= 4 is 45.9 Å². The zero-order valence-electron chi connectivity index (χ0n) is 14.6. The van der Waals surface area contributed by atoms with Gasteiger partial charge in [-0.1, -0.05) is 59.9 Å². The Kier molecular flexibility index (Phi) is 6.71. The van der Waals surface area contributed by atoms with Crippen LogP contribution in [-0.4, -0.2) is 21.9 Å². The Balaban J connectivity index is 1.55. The monoisotopic (exact) mass is 401 g/mol. The first-order valence-corrected chi connectivity index (χ1v) is 11.0. The summed E-state index contributed by atoms with van der Waals surface area (Å²) in [6.07, 6.45) is 0. The lowest BCUT2D eigenvalue weighted by Gasteiger charge is -2.05. The molecule has 0 radical (unpaired) electrons. The number of hydrogen-bond acceptors (Lipinski definition) is 6. The summed E-state index contributed by atoms with van der Waals surface area (Å²) in [6, 6.07) is 16.2. The molecule has 0 spiro atoms. The lowest BCUT2D eigenvalue weighted by atomic mass is 10.1. The maximum absolute atomic E-state index is 12.3. The first kappa shape index (κ1) is 18.9. The number of aryl methyl sites for hydroxylation is 1. The molecule has 0 aliphatic carbocycles. The summed E-state index contributed by atoms with van der Waals surface area (Å²) >= 11 is 4.80. The van der Waals surface area contributed by atoms with Gasteiger partial charge in [0.2, 0.25) is 5.13 Å². The van der Waals surface area contributed by atoms with E-state index < -0.39 is 0 Å². The molecule has 1 heterocycles. The zero-order valence-corrected chi connectivity index (χ0v) is 17.0. The number of carbonyl (C=O) groups excluding carboxylic acids is 1. The van der Waals surface area contributed by atoms with Gasteiger partial charge in [-0.15, -0.1) is 22.0 Å². The number of hydrogen-bond donors (Lipinski definition) is 1. The van der Waals surface area contributed by atoms with Gasteiger partial charge in [-0.3, -0.25) is 10.1 Å². The Hall–Kier alpha value is -1.83. The van der Waals surface area contributed by atoms with Crippen molar-refractivity contribution < 1.29 is 4.79 Å². The Morgan fingerprint density at radius 3 is 2.46 bits per heavy atom. The Morgan fingerprint density at radius 2 is 1.77 bits per heavy atom. The number of rotatable bonds is 7. The molecule has 2 aromatic carbocycles. The normalized spacial score (nSPS) is 10.7. The van der Waals surface area contributed by atoms with Crippen LogP contribution >= 0.6 is 34.9 Å². The van der Waals surface area contributed by atoms with Crippen molar-refractivity contribution in [3.63, 3.8) is 0 Å². The molecule has 0 aliphatic rings. The van der Waals surface area contributed by atoms with Gasteiger partial charge >= 0.3 is 0 Å². The van der Waals surface area contributed by atoms with E-state index in [1.165, 1.54) is 27.4 Å². The molecule has 26 heavy (non-hydrogen) atoms. The van der Waals surface area contributed by atoms with Crippen molar-refractivity contribution in [1.29, 1.82) is 0 Å². The summed E-state index contributed by atoms with van der Waals surface area (Å²) in [6.45, 7) is 4.15. The maximum atomic E-state index is 12.3. The van der Waals surface area contributed by atoms with Gasteiger partial charge in [-0.05, 0) is 42.5 Å². The van der Waals surface area contributed by atoms with E-state index >= 15 is 0 Å². The predicted molar refractivity (Wildman–Crippen MR) is 111 cm³/mol. The van der Waals surface area contributed by atoms with Crippen molar-refractivity contribution in [2.24, 2.45) is 0 Å². The van der Waals surface area contributed by atoms with Crippen LogP contribution < -0.4 is 5.32 Å². The summed E-state index contributed by atoms with van der Waals surface area (Å²) < 4.78 is 0.867. The fourth-order valence-electron chi connectivity index (χ4n) is 2.16. The highest BCUT2D eigenvalue weighted by atomic mass is 32.2. The van der Waals surface area contributed by atoms with Gasteiger partial charge in [0.25, 0.3) is 5.91 Å². The van der Waals surface area contributed by atoms with Crippen LogP contribution in [0.5, 0.6) is 0 Å². The average Bonchev–Trinajstić information content (AvgIpc) is 3.09. The summed E-state index contributed by atoms with van der Waals surface area (Å²) in [5, 5.41) is 11.4. The van der Waals surface area contributed by atoms with Crippen LogP contribution in [0.3, 0.4) is 0 Å². The Bertz CT molecular complexity index is 860. The smallest absolute Gasteiger partial charge is 0.257 e. The molecular weight excluding hydrogens is 382 g/mol. The van der Waals surface area contributed by atoms with E-state index in [1.54, 1.807) is 23.5 Å². The van der Waals surface area contributed by atoms with E-state index in [4.69, 9.17) is 0 Å². The molecule has 3 rings (SSSR count). The van der Waals surface area contributed by atoms with Gasteiger partial charge in [-0.2, -0.15) is 0 Å². The number of anilines is 1. The first-order valence-electron chi connectivity index (χ1n) is 8.20. The molecule has 0 fully saturated rings. The van der Waals surface area contributed by atoms with E-state index in [0.717, 1.165) is 15.8 Å². The summed E-state index contributed by atoms with van der Waals surface area (Å²) in [4.78, 5) is 13.6. The molecule has 0 saturated heterocycles. The molecule has 0 bridgehead atoms. The van der Waals surface area contributed by atoms with Crippen LogP contribution in [0.2, 0.25) is 0 Å². The molecule has 1 aromatic heterocycles. The molecule has 134 valence electrons. The van der Waals surface area contributed by atoms with Crippen LogP contribution in [0.15, 0.2) is 57.8 Å². The van der Waals surface area contributed by atoms with Crippen LogP contribution in [0, 0.1) is 6.92 Å². The average molecular weight is 402 g/mol. The van der Waals surface area contributed by atoms with Crippen molar-refractivity contribution in [1.82, 2.24) is 10.2 Å². The predicted octanol–water partition coefficient (Wildman–Crippen LogP) is 5.50. The lowest BCUT2D eigenvalue weighted by molar-refractivity contribution is 0.102. The fourth-order valence-corrected chi connectivity index (χ4v) is 4.66. The molecule has 7 heteroatoms. The number of nitrogens with one attached hydrogen (secondary N) is 1. The second-order valence-corrected chi connectivity index (χ2v) is 9.10. The molecule has 0 saturated carbocycles. The highest BCUT2D eigenvalue weighted by Gasteiger charge is 2.10. The molecular formula is C19H19N3OS3. The quantitative estimate of drug-likeness (QED) is 0.418. The highest BCUT2D eigenvalue weighted by Crippen LogP contribution is 2.26. The third kappa shape index (κ3) is 5.33. The highest BCUT2D eigenvalue weighted by molar-refractivity contribution is 8.01. The van der Waals surface area contributed by atoms with Crippen LogP contribution in [-0.2, 0) is 5.75 Å². The van der Waals surface area contributed by atoms with Crippen molar-refractivity contribution in [2.45, 2.75) is 28.8 Å². The number of thioether (sulfide) groups is 2. The van der Waals surface area contributed by atoms with Crippen molar-refractivity contribution in [2.75, 3.05) is 11.1 Å². The lowest BCUT2D eigenvalue weighted by Crippen LogP contribution is -2.11. The van der Waals surface area contributed by atoms with Crippen LogP contribution in [0.25, 0.3) is 0 Å². The number of carbonyl (C=O) groups is 1. The van der Waals surface area contributed by atoms with Gasteiger partial charge in [-0.25, -0.2) is 0 Å². The van der Waals surface area contributed by atoms with Gasteiger partial charge in [0.1, 0.15) is 0 Å². The summed E-state index contributed by atoms with van der Waals surface area (Å²) in [7, 11) is 0. The summed E-state index contributed by atoms with van der Waals surface area (Å²) in [5.74, 6) is 1.65. The summed E-state index contributed by atoms with van der Waals surface area (Å²) in [5.41, 5.74) is 3.07. The molecule has 1 N–H and O–H groups in total. The molecule has 0 unspecified atom stereocenters. The molecule has 3 aromatic rings. The third-order valence-electron chi connectivity index (χ3n) is 3.54.